The number of pyridine rings is 1. The lowest BCUT2D eigenvalue weighted by molar-refractivity contribution is -0.137. The van der Waals surface area contributed by atoms with Crippen LogP contribution in [0.5, 0.6) is 0 Å². The number of carbonyl (C=O) groups is 1. The van der Waals surface area contributed by atoms with Gasteiger partial charge in [0.2, 0.25) is 5.91 Å². The second-order valence-electron chi connectivity index (χ2n) is 3.73. The molecule has 7 heteroatoms. The zero-order valence-corrected chi connectivity index (χ0v) is 10.6. The van der Waals surface area contributed by atoms with E-state index in [2.05, 4.69) is 16.2 Å². The third-order valence-corrected chi connectivity index (χ3v) is 2.67. The van der Waals surface area contributed by atoms with E-state index in [4.69, 9.17) is 18.0 Å². The van der Waals surface area contributed by atoms with E-state index in [1.165, 1.54) is 6.92 Å². The zero-order valence-electron chi connectivity index (χ0n) is 9.88. The highest BCUT2D eigenvalue weighted by Crippen LogP contribution is 2.32. The molecule has 0 saturated heterocycles. The highest BCUT2D eigenvalue weighted by molar-refractivity contribution is 6.31. The molecule has 3 nitrogen and oxygen atoms in total. The van der Waals surface area contributed by atoms with Crippen molar-refractivity contribution in [1.82, 2.24) is 10.3 Å². The van der Waals surface area contributed by atoms with Crippen LogP contribution in [-0.4, -0.2) is 17.4 Å². The minimum absolute atomic E-state index is 0.0292. The van der Waals surface area contributed by atoms with Crippen molar-refractivity contribution >= 4 is 17.5 Å². The first-order valence-corrected chi connectivity index (χ1v) is 5.59. The van der Waals surface area contributed by atoms with Gasteiger partial charge in [0.05, 0.1) is 28.7 Å². The van der Waals surface area contributed by atoms with Crippen LogP contribution < -0.4 is 5.32 Å². The van der Waals surface area contributed by atoms with Gasteiger partial charge in [0, 0.05) is 6.20 Å². The number of nitrogens with one attached hydrogen (secondary N) is 1. The Labute approximate surface area is 113 Å². The molecule has 0 bridgehead atoms. The van der Waals surface area contributed by atoms with E-state index in [9.17, 15) is 18.0 Å². The van der Waals surface area contributed by atoms with Crippen LogP contribution in [0.25, 0.3) is 0 Å². The first kappa shape index (κ1) is 15.3. The van der Waals surface area contributed by atoms with Crippen LogP contribution in [0.4, 0.5) is 13.2 Å². The summed E-state index contributed by atoms with van der Waals surface area (Å²) in [5, 5.41) is 2.20. The van der Waals surface area contributed by atoms with Crippen molar-refractivity contribution in [2.75, 3.05) is 6.54 Å². The fourth-order valence-corrected chi connectivity index (χ4v) is 1.67. The number of hydrogen-bond donors (Lipinski definition) is 1. The molecule has 1 N–H and O–H groups in total. The summed E-state index contributed by atoms with van der Waals surface area (Å²) in [4.78, 5) is 15.2. The predicted molar refractivity (Wildman–Crippen MR) is 64.5 cm³/mol. The number of nitrogens with zero attached hydrogens (tertiary/aromatic N) is 1. The maximum atomic E-state index is 12.4. The first-order chi connectivity index (χ1) is 8.77. The molecule has 1 rings (SSSR count). The number of carbonyl (C=O) groups excluding carboxylic acids is 1. The summed E-state index contributed by atoms with van der Waals surface area (Å²) < 4.78 is 37.3. The Kier molecular flexibility index (Phi) is 4.78. The van der Waals surface area contributed by atoms with Crippen LogP contribution in [0.1, 0.15) is 24.1 Å². The number of alkyl halides is 3. The Bertz CT molecular complexity index is 523. The number of halogens is 4. The smallest absolute Gasteiger partial charge is 0.345 e. The van der Waals surface area contributed by atoms with E-state index in [1.54, 1.807) is 0 Å². The van der Waals surface area contributed by atoms with Crippen LogP contribution in [0, 0.1) is 12.3 Å². The van der Waals surface area contributed by atoms with Gasteiger partial charge in [-0.05, 0) is 13.0 Å². The Balaban J connectivity index is 2.97. The van der Waals surface area contributed by atoms with Gasteiger partial charge in [-0.3, -0.25) is 9.78 Å². The van der Waals surface area contributed by atoms with Crippen LogP contribution >= 0.6 is 11.6 Å². The van der Waals surface area contributed by atoms with Gasteiger partial charge in [-0.2, -0.15) is 13.2 Å². The average Bonchev–Trinajstić information content (AvgIpc) is 2.33. The molecule has 19 heavy (non-hydrogen) atoms. The SMILES string of the molecule is C#CCNC(=O)[C@@H](C)c1ncc(C(F)(F)F)cc1Cl. The van der Waals surface area contributed by atoms with Gasteiger partial charge >= 0.3 is 6.18 Å². The van der Waals surface area contributed by atoms with E-state index in [-0.39, 0.29) is 17.3 Å². The monoisotopic (exact) mass is 290 g/mol. The number of rotatable bonds is 3. The third-order valence-electron chi connectivity index (χ3n) is 2.37. The van der Waals surface area contributed by atoms with E-state index in [1.807, 2.05) is 0 Å². The highest BCUT2D eigenvalue weighted by atomic mass is 35.5. The summed E-state index contributed by atoms with van der Waals surface area (Å²) in [5.74, 6) is 0.974. The molecule has 0 spiro atoms. The van der Waals surface area contributed by atoms with Gasteiger partial charge < -0.3 is 5.32 Å². The minimum atomic E-state index is -4.52. The fourth-order valence-electron chi connectivity index (χ4n) is 1.34. The van der Waals surface area contributed by atoms with E-state index >= 15 is 0 Å². The van der Waals surface area contributed by atoms with Gasteiger partial charge in [-0.25, -0.2) is 0 Å². The zero-order chi connectivity index (χ0) is 14.6. The van der Waals surface area contributed by atoms with Crippen molar-refractivity contribution in [3.8, 4) is 12.3 Å². The molecule has 1 heterocycles. The van der Waals surface area contributed by atoms with E-state index in [0.717, 1.165) is 6.07 Å². The lowest BCUT2D eigenvalue weighted by atomic mass is 10.1. The maximum Gasteiger partial charge on any atom is 0.417 e. The second kappa shape index (κ2) is 5.93. The van der Waals surface area contributed by atoms with Crippen molar-refractivity contribution in [2.45, 2.75) is 19.0 Å². The quantitative estimate of drug-likeness (QED) is 0.870. The van der Waals surface area contributed by atoms with Crippen molar-refractivity contribution in [1.29, 1.82) is 0 Å². The topological polar surface area (TPSA) is 42.0 Å². The summed E-state index contributed by atoms with van der Waals surface area (Å²) in [5.41, 5.74) is -0.887. The molecule has 0 radical (unpaired) electrons. The summed E-state index contributed by atoms with van der Waals surface area (Å²) in [6.07, 6.45) is 1.10. The summed E-state index contributed by atoms with van der Waals surface area (Å²) >= 11 is 5.73. The maximum absolute atomic E-state index is 12.4. The van der Waals surface area contributed by atoms with Gasteiger partial charge in [-0.1, -0.05) is 17.5 Å². The first-order valence-electron chi connectivity index (χ1n) is 5.21. The lowest BCUT2D eigenvalue weighted by Gasteiger charge is -2.13. The Morgan fingerprint density at radius 3 is 2.74 bits per heavy atom. The third kappa shape index (κ3) is 3.86. The average molecular weight is 291 g/mol. The summed E-state index contributed by atoms with van der Waals surface area (Å²) in [6.45, 7) is 1.51. The van der Waals surface area contributed by atoms with Crippen LogP contribution in [-0.2, 0) is 11.0 Å². The molecular formula is C12H10ClF3N2O. The van der Waals surface area contributed by atoms with Crippen LogP contribution in [0.15, 0.2) is 12.3 Å². The van der Waals surface area contributed by atoms with Gasteiger partial charge in [0.25, 0.3) is 0 Å². The van der Waals surface area contributed by atoms with Gasteiger partial charge in [0.15, 0.2) is 0 Å². The molecular weight excluding hydrogens is 281 g/mol. The largest absolute Gasteiger partial charge is 0.417 e. The molecule has 102 valence electrons. The molecule has 0 fully saturated rings. The number of hydrogen-bond acceptors (Lipinski definition) is 2. The molecule has 0 saturated carbocycles. The molecule has 0 unspecified atom stereocenters. The van der Waals surface area contributed by atoms with E-state index < -0.39 is 23.6 Å². The fraction of sp³-hybridized carbons (Fsp3) is 0.333. The number of terminal acetylenes is 1. The second-order valence-corrected chi connectivity index (χ2v) is 4.14. The Morgan fingerprint density at radius 2 is 2.26 bits per heavy atom. The number of aromatic nitrogens is 1. The van der Waals surface area contributed by atoms with Crippen LogP contribution in [0.2, 0.25) is 5.02 Å². The predicted octanol–water partition coefficient (Wildman–Crippen LogP) is 2.61. The van der Waals surface area contributed by atoms with Gasteiger partial charge in [0.1, 0.15) is 0 Å². The lowest BCUT2D eigenvalue weighted by Crippen LogP contribution is -2.28. The summed E-state index contributed by atoms with van der Waals surface area (Å²) in [6, 6.07) is 0.745. The molecule has 1 atom stereocenters. The molecule has 0 aliphatic rings. The molecule has 0 aliphatic heterocycles. The van der Waals surface area contributed by atoms with Crippen molar-refractivity contribution in [3.05, 3.63) is 28.5 Å². The molecule has 1 aromatic rings. The molecule has 1 aromatic heterocycles. The summed E-state index contributed by atoms with van der Waals surface area (Å²) in [7, 11) is 0. The molecule has 1 amide bonds. The Morgan fingerprint density at radius 1 is 1.63 bits per heavy atom. The number of amides is 1. The van der Waals surface area contributed by atoms with Crippen LogP contribution in [0.3, 0.4) is 0 Å². The van der Waals surface area contributed by atoms with Gasteiger partial charge in [-0.15, -0.1) is 6.42 Å². The molecule has 0 aromatic carbocycles. The Hall–Kier alpha value is -1.74. The van der Waals surface area contributed by atoms with Crippen molar-refractivity contribution in [3.63, 3.8) is 0 Å². The normalized spacial score (nSPS) is 12.6. The minimum Gasteiger partial charge on any atom is -0.345 e. The molecule has 0 aliphatic carbocycles. The van der Waals surface area contributed by atoms with Crippen molar-refractivity contribution in [2.24, 2.45) is 0 Å². The highest BCUT2D eigenvalue weighted by Gasteiger charge is 2.32. The van der Waals surface area contributed by atoms with Crippen molar-refractivity contribution < 1.29 is 18.0 Å². The van der Waals surface area contributed by atoms with E-state index in [0.29, 0.717) is 6.20 Å². The standard InChI is InChI=1S/C12H10ClF3N2O/c1-3-4-17-11(19)7(2)10-9(13)5-8(6-18-10)12(14,15)16/h1,5-7H,4H2,2H3,(H,17,19)/t7-/m0/s1.